The first-order valence-electron chi connectivity index (χ1n) is 10.3. The number of nitrogens with zero attached hydrogens (tertiary/aromatic N) is 1. The van der Waals surface area contributed by atoms with Gasteiger partial charge in [0.15, 0.2) is 0 Å². The zero-order chi connectivity index (χ0) is 21.6. The second kappa shape index (κ2) is 9.34. The number of anilines is 3. The second-order valence-corrected chi connectivity index (χ2v) is 7.40. The Balaban J connectivity index is 1.52. The van der Waals surface area contributed by atoms with Crippen molar-refractivity contribution in [2.75, 3.05) is 29.2 Å². The van der Waals surface area contributed by atoms with E-state index in [1.807, 2.05) is 54.6 Å². The van der Waals surface area contributed by atoms with Gasteiger partial charge in [-0.15, -0.1) is 0 Å². The van der Waals surface area contributed by atoms with Gasteiger partial charge in [-0.1, -0.05) is 30.3 Å². The molecule has 1 saturated heterocycles. The first-order valence-corrected chi connectivity index (χ1v) is 10.3. The van der Waals surface area contributed by atoms with Crippen LogP contribution in [0.25, 0.3) is 0 Å². The van der Waals surface area contributed by atoms with Gasteiger partial charge in [0.05, 0.1) is 7.11 Å². The van der Waals surface area contributed by atoms with E-state index in [1.165, 1.54) is 0 Å². The number of carbonyl (C=O) groups excluding carboxylic acids is 2. The molecule has 4 rings (SSSR count). The molecule has 2 amide bonds. The molecule has 1 unspecified atom stereocenters. The highest BCUT2D eigenvalue weighted by Crippen LogP contribution is 2.26. The summed E-state index contributed by atoms with van der Waals surface area (Å²) in [6.45, 7) is 0.752. The number of hydrogen-bond acceptors (Lipinski definition) is 4. The first kappa shape index (κ1) is 20.5. The second-order valence-electron chi connectivity index (χ2n) is 7.40. The number of rotatable bonds is 7. The lowest BCUT2D eigenvalue weighted by Gasteiger charge is -2.21. The molecule has 0 aliphatic carbocycles. The molecular formula is C25H25N3O3. The molecule has 0 aromatic heterocycles. The van der Waals surface area contributed by atoms with Gasteiger partial charge >= 0.3 is 0 Å². The molecule has 1 aliphatic heterocycles. The van der Waals surface area contributed by atoms with E-state index in [2.05, 4.69) is 10.6 Å². The number of carbonyl (C=O) groups is 2. The molecule has 3 aromatic rings. The van der Waals surface area contributed by atoms with Crippen molar-refractivity contribution in [3.05, 3.63) is 84.4 Å². The van der Waals surface area contributed by atoms with Crippen LogP contribution in [0.4, 0.5) is 17.1 Å². The van der Waals surface area contributed by atoms with Gasteiger partial charge in [0, 0.05) is 30.0 Å². The highest BCUT2D eigenvalue weighted by Gasteiger charge is 2.23. The number of nitrogens with one attached hydrogen (secondary N) is 2. The maximum atomic E-state index is 13.1. The molecule has 158 valence electrons. The predicted molar refractivity (Wildman–Crippen MR) is 122 cm³/mol. The van der Waals surface area contributed by atoms with Crippen molar-refractivity contribution >= 4 is 28.9 Å². The summed E-state index contributed by atoms with van der Waals surface area (Å²) >= 11 is 0. The fourth-order valence-corrected chi connectivity index (χ4v) is 3.66. The fraction of sp³-hybridized carbons (Fsp3) is 0.200. The molecule has 6 heteroatoms. The molecule has 0 spiro atoms. The molecule has 1 aliphatic rings. The smallest absolute Gasteiger partial charge is 0.251 e. The van der Waals surface area contributed by atoms with E-state index < -0.39 is 6.04 Å². The van der Waals surface area contributed by atoms with Crippen molar-refractivity contribution < 1.29 is 14.3 Å². The van der Waals surface area contributed by atoms with E-state index in [0.717, 1.165) is 35.7 Å². The summed E-state index contributed by atoms with van der Waals surface area (Å²) in [7, 11) is 1.61. The number of amides is 2. The number of ether oxygens (including phenoxy) is 1. The van der Waals surface area contributed by atoms with Crippen molar-refractivity contribution in [1.29, 1.82) is 0 Å². The van der Waals surface area contributed by atoms with Crippen molar-refractivity contribution in [1.82, 2.24) is 0 Å². The quantitative estimate of drug-likeness (QED) is 0.591. The zero-order valence-electron chi connectivity index (χ0n) is 17.4. The zero-order valence-corrected chi connectivity index (χ0v) is 17.4. The Morgan fingerprint density at radius 3 is 2.23 bits per heavy atom. The summed E-state index contributed by atoms with van der Waals surface area (Å²) in [5.41, 5.74) is 3.23. The molecule has 1 fully saturated rings. The van der Waals surface area contributed by atoms with Crippen LogP contribution in [0, 0.1) is 0 Å². The Kier molecular flexibility index (Phi) is 6.17. The number of methoxy groups -OCH3 is 1. The third-order valence-electron chi connectivity index (χ3n) is 5.32. The minimum Gasteiger partial charge on any atom is -0.497 e. The maximum absolute atomic E-state index is 13.1. The van der Waals surface area contributed by atoms with Crippen molar-refractivity contribution in [2.24, 2.45) is 0 Å². The van der Waals surface area contributed by atoms with Gasteiger partial charge in [0.2, 0.25) is 5.91 Å². The topological polar surface area (TPSA) is 70.7 Å². The van der Waals surface area contributed by atoms with E-state index in [-0.39, 0.29) is 11.8 Å². The van der Waals surface area contributed by atoms with Gasteiger partial charge in [0.25, 0.3) is 5.91 Å². The first-order chi connectivity index (χ1) is 15.1. The highest BCUT2D eigenvalue weighted by atomic mass is 16.5. The molecule has 0 saturated carbocycles. The molecule has 3 aromatic carbocycles. The summed E-state index contributed by atoms with van der Waals surface area (Å²) in [4.78, 5) is 26.9. The maximum Gasteiger partial charge on any atom is 0.251 e. The third-order valence-corrected chi connectivity index (χ3v) is 5.32. The Morgan fingerprint density at radius 2 is 1.61 bits per heavy atom. The van der Waals surface area contributed by atoms with E-state index in [1.54, 1.807) is 36.3 Å². The molecule has 1 heterocycles. The van der Waals surface area contributed by atoms with Gasteiger partial charge in [-0.25, -0.2) is 0 Å². The fourth-order valence-electron chi connectivity index (χ4n) is 3.66. The number of hydrogen-bond donors (Lipinski definition) is 2. The predicted octanol–water partition coefficient (Wildman–Crippen LogP) is 4.61. The third kappa shape index (κ3) is 4.86. The average molecular weight is 415 g/mol. The molecule has 0 bridgehead atoms. The van der Waals surface area contributed by atoms with Crippen molar-refractivity contribution in [3.63, 3.8) is 0 Å². The lowest BCUT2D eigenvalue weighted by Crippen LogP contribution is -2.27. The molecule has 1 atom stereocenters. The summed E-state index contributed by atoms with van der Waals surface area (Å²) in [6.07, 6.45) is 1.49. The Morgan fingerprint density at radius 1 is 0.935 bits per heavy atom. The minimum atomic E-state index is -0.581. The summed E-state index contributed by atoms with van der Waals surface area (Å²) in [5, 5.41) is 6.29. The molecule has 2 N–H and O–H groups in total. The van der Waals surface area contributed by atoms with Crippen LogP contribution < -0.4 is 20.3 Å². The van der Waals surface area contributed by atoms with Gasteiger partial charge in [-0.05, 0) is 60.5 Å². The molecule has 31 heavy (non-hydrogen) atoms. The normalized spacial score (nSPS) is 14.2. The molecule has 6 nitrogen and oxygen atoms in total. The monoisotopic (exact) mass is 415 g/mol. The van der Waals surface area contributed by atoms with E-state index in [9.17, 15) is 9.59 Å². The van der Waals surface area contributed by atoms with Gasteiger partial charge < -0.3 is 20.3 Å². The standard InChI is InChI=1S/C25H25N3O3/c1-31-22-15-11-20(12-16-22)27-25(30)24(18-6-3-2-4-7-18)26-19-9-13-21(14-10-19)28-17-5-8-23(28)29/h2-4,6-7,9-16,24,26H,5,8,17H2,1H3,(H,27,30). The lowest BCUT2D eigenvalue weighted by molar-refractivity contribution is -0.117. The summed E-state index contributed by atoms with van der Waals surface area (Å²) in [5.74, 6) is 0.712. The SMILES string of the molecule is COc1ccc(NC(=O)C(Nc2ccc(N3CCCC3=O)cc2)c2ccccc2)cc1. The molecule has 0 radical (unpaired) electrons. The van der Waals surface area contributed by atoms with E-state index in [0.29, 0.717) is 12.1 Å². The van der Waals surface area contributed by atoms with Gasteiger partial charge in [-0.2, -0.15) is 0 Å². The Bertz CT molecular complexity index is 1030. The largest absolute Gasteiger partial charge is 0.497 e. The number of benzene rings is 3. The minimum absolute atomic E-state index is 0.154. The summed E-state index contributed by atoms with van der Waals surface area (Å²) in [6, 6.07) is 23.8. The van der Waals surface area contributed by atoms with Crippen LogP contribution in [0.15, 0.2) is 78.9 Å². The highest BCUT2D eigenvalue weighted by molar-refractivity contribution is 5.98. The Labute approximate surface area is 181 Å². The van der Waals surface area contributed by atoms with Crippen molar-refractivity contribution in [3.8, 4) is 5.75 Å². The van der Waals surface area contributed by atoms with Crippen LogP contribution in [0.2, 0.25) is 0 Å². The van der Waals surface area contributed by atoms with Gasteiger partial charge in [0.1, 0.15) is 11.8 Å². The van der Waals surface area contributed by atoms with Crippen LogP contribution in [-0.4, -0.2) is 25.5 Å². The molecular weight excluding hydrogens is 390 g/mol. The van der Waals surface area contributed by atoms with Crippen LogP contribution in [0.1, 0.15) is 24.4 Å². The van der Waals surface area contributed by atoms with E-state index in [4.69, 9.17) is 4.74 Å². The van der Waals surface area contributed by atoms with Crippen LogP contribution in [0.5, 0.6) is 5.75 Å². The van der Waals surface area contributed by atoms with Crippen molar-refractivity contribution in [2.45, 2.75) is 18.9 Å². The summed E-state index contributed by atoms with van der Waals surface area (Å²) < 4.78 is 5.17. The van der Waals surface area contributed by atoms with E-state index >= 15 is 0 Å². The van der Waals surface area contributed by atoms with Gasteiger partial charge in [-0.3, -0.25) is 9.59 Å². The Hall–Kier alpha value is -3.80. The van der Waals surface area contributed by atoms with Crippen LogP contribution in [0.3, 0.4) is 0 Å². The lowest BCUT2D eigenvalue weighted by atomic mass is 10.1. The van der Waals surface area contributed by atoms with Crippen LogP contribution in [-0.2, 0) is 9.59 Å². The average Bonchev–Trinajstić information content (AvgIpc) is 3.24. The van der Waals surface area contributed by atoms with Crippen LogP contribution >= 0.6 is 0 Å².